The van der Waals surface area contributed by atoms with Gasteiger partial charge in [0.05, 0.1) is 12.1 Å². The molecule has 1 aliphatic rings. The van der Waals surface area contributed by atoms with Gasteiger partial charge in [0.1, 0.15) is 11.6 Å². The second-order valence-corrected chi connectivity index (χ2v) is 8.64. The molecule has 0 saturated carbocycles. The van der Waals surface area contributed by atoms with Crippen LogP contribution in [0.1, 0.15) is 18.4 Å². The summed E-state index contributed by atoms with van der Waals surface area (Å²) in [5, 5.41) is 3.56. The summed E-state index contributed by atoms with van der Waals surface area (Å²) in [5.74, 6) is 2.06. The highest BCUT2D eigenvalue weighted by molar-refractivity contribution is 5.84. The second kappa shape index (κ2) is 9.49. The molecule has 5 heteroatoms. The maximum Gasteiger partial charge on any atom is 0.222 e. The number of pyridine rings is 1. The van der Waals surface area contributed by atoms with Crippen LogP contribution in [-0.4, -0.2) is 48.6 Å². The minimum absolute atomic E-state index is 0.208. The molecule has 1 aliphatic heterocycles. The van der Waals surface area contributed by atoms with Gasteiger partial charge in [-0.2, -0.15) is 0 Å². The average molecular weight is 440 g/mol. The zero-order valence-corrected chi connectivity index (χ0v) is 19.0. The summed E-state index contributed by atoms with van der Waals surface area (Å²) in [4.78, 5) is 21.8. The Labute approximate surface area is 194 Å². The first-order valence-corrected chi connectivity index (χ1v) is 11.7. The second-order valence-electron chi connectivity index (χ2n) is 8.64. The molecule has 3 aromatic carbocycles. The van der Waals surface area contributed by atoms with Crippen molar-refractivity contribution >= 4 is 33.4 Å². The Kier molecular flexibility index (Phi) is 6.11. The Morgan fingerprint density at radius 1 is 0.909 bits per heavy atom. The number of fused-ring (bicyclic) bond motifs is 2. The molecule has 0 atom stereocenters. The van der Waals surface area contributed by atoms with Crippen LogP contribution >= 0.6 is 0 Å². The molecular formula is C28H29N3O2. The van der Waals surface area contributed by atoms with E-state index in [1.807, 2.05) is 35.2 Å². The first kappa shape index (κ1) is 21.3. The Hall–Kier alpha value is -3.60. The lowest BCUT2D eigenvalue weighted by atomic mass is 10.1. The molecule has 0 unspecified atom stereocenters. The number of rotatable bonds is 6. The molecule has 0 N–H and O–H groups in total. The number of para-hydroxylation sites is 1. The smallest absolute Gasteiger partial charge is 0.222 e. The molecule has 33 heavy (non-hydrogen) atoms. The first-order chi connectivity index (χ1) is 16.2. The molecule has 5 rings (SSSR count). The third kappa shape index (κ3) is 4.77. The summed E-state index contributed by atoms with van der Waals surface area (Å²) in [6, 6.07) is 24.8. The van der Waals surface area contributed by atoms with Crippen LogP contribution in [0.5, 0.6) is 5.75 Å². The van der Waals surface area contributed by atoms with Crippen LogP contribution in [0.2, 0.25) is 0 Å². The predicted octanol–water partition coefficient (Wildman–Crippen LogP) is 5.20. The number of ether oxygens (including phenoxy) is 1. The van der Waals surface area contributed by atoms with E-state index in [9.17, 15) is 4.79 Å². The van der Waals surface area contributed by atoms with Gasteiger partial charge in [-0.1, -0.05) is 48.5 Å². The van der Waals surface area contributed by atoms with E-state index < -0.39 is 0 Å². The van der Waals surface area contributed by atoms with Crippen molar-refractivity contribution in [1.82, 2.24) is 9.88 Å². The van der Waals surface area contributed by atoms with Gasteiger partial charge in [-0.25, -0.2) is 4.98 Å². The molecule has 168 valence electrons. The van der Waals surface area contributed by atoms with Crippen molar-refractivity contribution in [3.8, 4) is 5.75 Å². The monoisotopic (exact) mass is 439 g/mol. The fraction of sp³-hybridized carbons (Fsp3) is 0.286. The van der Waals surface area contributed by atoms with Gasteiger partial charge in [-0.15, -0.1) is 0 Å². The number of anilines is 1. The molecule has 0 radical (unpaired) electrons. The summed E-state index contributed by atoms with van der Waals surface area (Å²) >= 11 is 0. The van der Waals surface area contributed by atoms with Crippen molar-refractivity contribution in [2.75, 3.05) is 37.7 Å². The average Bonchev–Trinajstić information content (AvgIpc) is 2.86. The third-order valence-corrected chi connectivity index (χ3v) is 6.39. The van der Waals surface area contributed by atoms with Crippen LogP contribution in [-0.2, 0) is 4.79 Å². The lowest BCUT2D eigenvalue weighted by Crippen LogP contribution is -2.49. The number of aromatic nitrogens is 1. The van der Waals surface area contributed by atoms with Crippen LogP contribution in [0.4, 0.5) is 5.82 Å². The Balaban J connectivity index is 1.09. The first-order valence-electron chi connectivity index (χ1n) is 11.7. The van der Waals surface area contributed by atoms with E-state index in [1.165, 1.54) is 21.7 Å². The molecule has 1 aromatic heterocycles. The predicted molar refractivity (Wildman–Crippen MR) is 134 cm³/mol. The Morgan fingerprint density at radius 3 is 2.52 bits per heavy atom. The molecule has 4 aromatic rings. The summed E-state index contributed by atoms with van der Waals surface area (Å²) in [6.45, 7) is 5.77. The minimum Gasteiger partial charge on any atom is -0.494 e. The lowest BCUT2D eigenvalue weighted by molar-refractivity contribution is -0.131. The number of carbonyl (C=O) groups is 1. The molecule has 0 aliphatic carbocycles. The lowest BCUT2D eigenvalue weighted by Gasteiger charge is -2.35. The molecule has 1 fully saturated rings. The van der Waals surface area contributed by atoms with E-state index in [1.54, 1.807) is 0 Å². The van der Waals surface area contributed by atoms with E-state index in [4.69, 9.17) is 9.72 Å². The molecule has 0 spiro atoms. The molecule has 1 saturated heterocycles. The van der Waals surface area contributed by atoms with E-state index in [2.05, 4.69) is 54.3 Å². The Morgan fingerprint density at radius 2 is 1.67 bits per heavy atom. The molecule has 5 nitrogen and oxygen atoms in total. The maximum atomic E-state index is 12.7. The molecular weight excluding hydrogens is 410 g/mol. The SMILES string of the molecule is Cc1cc(N2CCN(C(=O)CCCOc3ccc4ccccc4c3)CC2)nc2ccccc12. The quantitative estimate of drug-likeness (QED) is 0.387. The van der Waals surface area contributed by atoms with Gasteiger partial charge in [0.2, 0.25) is 5.91 Å². The summed E-state index contributed by atoms with van der Waals surface area (Å²) in [7, 11) is 0. The number of hydrogen-bond donors (Lipinski definition) is 0. The van der Waals surface area contributed by atoms with Gasteiger partial charge in [-0.05, 0) is 53.9 Å². The van der Waals surface area contributed by atoms with Gasteiger partial charge in [0.25, 0.3) is 0 Å². The fourth-order valence-corrected chi connectivity index (χ4v) is 4.51. The van der Waals surface area contributed by atoms with Crippen molar-refractivity contribution in [2.24, 2.45) is 0 Å². The van der Waals surface area contributed by atoms with E-state index >= 15 is 0 Å². The van der Waals surface area contributed by atoms with Crippen molar-refractivity contribution in [1.29, 1.82) is 0 Å². The van der Waals surface area contributed by atoms with Crippen molar-refractivity contribution in [2.45, 2.75) is 19.8 Å². The standard InChI is InChI=1S/C28H29N3O2/c1-21-19-27(29-26-10-5-4-9-25(21)26)30-14-16-31(17-15-30)28(32)11-6-18-33-24-13-12-22-7-2-3-8-23(22)20-24/h2-5,7-10,12-13,19-20H,6,11,14-18H2,1H3. The minimum atomic E-state index is 0.208. The van der Waals surface area contributed by atoms with Gasteiger partial charge in [0, 0.05) is 38.0 Å². The fourth-order valence-electron chi connectivity index (χ4n) is 4.51. The number of nitrogens with zero attached hydrogens (tertiary/aromatic N) is 3. The number of carbonyl (C=O) groups excluding carboxylic acids is 1. The highest BCUT2D eigenvalue weighted by Gasteiger charge is 2.22. The van der Waals surface area contributed by atoms with Gasteiger partial charge < -0.3 is 14.5 Å². The van der Waals surface area contributed by atoms with Gasteiger partial charge in [-0.3, -0.25) is 4.79 Å². The highest BCUT2D eigenvalue weighted by atomic mass is 16.5. The number of hydrogen-bond acceptors (Lipinski definition) is 4. The van der Waals surface area contributed by atoms with E-state index in [0.29, 0.717) is 13.0 Å². The number of amides is 1. The van der Waals surface area contributed by atoms with Crippen LogP contribution in [0, 0.1) is 6.92 Å². The van der Waals surface area contributed by atoms with Crippen molar-refractivity contribution in [3.05, 3.63) is 78.4 Å². The molecule has 2 heterocycles. The van der Waals surface area contributed by atoms with Crippen molar-refractivity contribution < 1.29 is 9.53 Å². The topological polar surface area (TPSA) is 45.7 Å². The van der Waals surface area contributed by atoms with Crippen LogP contribution in [0.3, 0.4) is 0 Å². The van der Waals surface area contributed by atoms with Crippen LogP contribution < -0.4 is 9.64 Å². The maximum absolute atomic E-state index is 12.7. The van der Waals surface area contributed by atoms with Gasteiger partial charge in [0.15, 0.2) is 0 Å². The highest BCUT2D eigenvalue weighted by Crippen LogP contribution is 2.24. The normalized spacial score (nSPS) is 14.1. The summed E-state index contributed by atoms with van der Waals surface area (Å²) in [5.41, 5.74) is 2.26. The molecule has 0 bridgehead atoms. The van der Waals surface area contributed by atoms with Crippen molar-refractivity contribution in [3.63, 3.8) is 0 Å². The Bertz CT molecular complexity index is 1280. The van der Waals surface area contributed by atoms with Crippen LogP contribution in [0.15, 0.2) is 72.8 Å². The number of benzene rings is 3. The summed E-state index contributed by atoms with van der Waals surface area (Å²) < 4.78 is 5.89. The number of aryl methyl sites for hydroxylation is 1. The van der Waals surface area contributed by atoms with Crippen LogP contribution in [0.25, 0.3) is 21.7 Å². The number of piperazine rings is 1. The van der Waals surface area contributed by atoms with E-state index in [0.717, 1.165) is 49.7 Å². The molecule has 1 amide bonds. The summed E-state index contributed by atoms with van der Waals surface area (Å²) in [6.07, 6.45) is 1.23. The largest absolute Gasteiger partial charge is 0.494 e. The third-order valence-electron chi connectivity index (χ3n) is 6.39. The van der Waals surface area contributed by atoms with E-state index in [-0.39, 0.29) is 5.91 Å². The van der Waals surface area contributed by atoms with Gasteiger partial charge >= 0.3 is 0 Å². The zero-order valence-electron chi connectivity index (χ0n) is 19.0. The zero-order chi connectivity index (χ0) is 22.6.